The highest BCUT2D eigenvalue weighted by atomic mass is 35.5. The quantitative estimate of drug-likeness (QED) is 0.326. The minimum Gasteiger partial charge on any atom is -0.507 e. The number of amides is 1. The Hall–Kier alpha value is -3.77. The third-order valence-corrected chi connectivity index (χ3v) is 6.28. The second kappa shape index (κ2) is 9.23. The number of rotatable bonds is 5. The molecule has 34 heavy (non-hydrogen) atoms. The van der Waals surface area contributed by atoms with Gasteiger partial charge in [-0.15, -0.1) is 0 Å². The fourth-order valence-electron chi connectivity index (χ4n) is 4.34. The molecule has 7 heteroatoms. The molecule has 2 heterocycles. The van der Waals surface area contributed by atoms with E-state index in [1.165, 1.54) is 4.90 Å². The number of Topliss-reactive ketones (excluding diaryl/α,β-unsaturated/α-hetero) is 1. The lowest BCUT2D eigenvalue weighted by atomic mass is 9.95. The summed E-state index contributed by atoms with van der Waals surface area (Å²) >= 11 is 6.08. The molecule has 0 unspecified atom stereocenters. The van der Waals surface area contributed by atoms with Crippen LogP contribution in [0.15, 0.2) is 78.4 Å². The second-order valence-electron chi connectivity index (χ2n) is 8.14. The zero-order valence-corrected chi connectivity index (χ0v) is 19.0. The van der Waals surface area contributed by atoms with E-state index in [-0.39, 0.29) is 11.3 Å². The van der Waals surface area contributed by atoms with Crippen LogP contribution in [0.25, 0.3) is 5.76 Å². The van der Waals surface area contributed by atoms with E-state index < -0.39 is 17.7 Å². The van der Waals surface area contributed by atoms with Gasteiger partial charge in [0.25, 0.3) is 11.7 Å². The normalized spacial score (nSPS) is 18.9. The fraction of sp³-hybridized carbons (Fsp3) is 0.185. The van der Waals surface area contributed by atoms with Crippen molar-refractivity contribution in [3.63, 3.8) is 0 Å². The van der Waals surface area contributed by atoms with Crippen molar-refractivity contribution < 1.29 is 24.2 Å². The highest BCUT2D eigenvalue weighted by molar-refractivity contribution is 6.46. The maximum absolute atomic E-state index is 13.2. The van der Waals surface area contributed by atoms with Crippen LogP contribution in [0, 0.1) is 0 Å². The van der Waals surface area contributed by atoms with Crippen LogP contribution in [0.2, 0.25) is 5.02 Å². The summed E-state index contributed by atoms with van der Waals surface area (Å²) in [5.74, 6) is -0.565. The molecule has 172 valence electrons. The van der Waals surface area contributed by atoms with Gasteiger partial charge in [-0.05, 0) is 47.9 Å². The molecule has 3 aromatic carbocycles. The first-order valence-corrected chi connectivity index (χ1v) is 11.4. The van der Waals surface area contributed by atoms with Crippen LogP contribution in [0.5, 0.6) is 11.5 Å². The molecule has 0 spiro atoms. The first kappa shape index (κ1) is 22.0. The number of ketones is 1. The van der Waals surface area contributed by atoms with Crippen molar-refractivity contribution in [3.8, 4) is 11.5 Å². The zero-order valence-electron chi connectivity index (χ0n) is 18.2. The third-order valence-electron chi connectivity index (χ3n) is 6.03. The van der Waals surface area contributed by atoms with Crippen molar-refractivity contribution in [1.82, 2.24) is 4.90 Å². The highest BCUT2D eigenvalue weighted by Crippen LogP contribution is 2.41. The Morgan fingerprint density at radius 3 is 2.38 bits per heavy atom. The molecule has 2 aliphatic rings. The van der Waals surface area contributed by atoms with E-state index in [2.05, 4.69) is 0 Å². The predicted molar refractivity (Wildman–Crippen MR) is 128 cm³/mol. The first-order chi connectivity index (χ1) is 16.5. The predicted octanol–water partition coefficient (Wildman–Crippen LogP) is 4.78. The Bertz CT molecular complexity index is 1270. The van der Waals surface area contributed by atoms with Crippen LogP contribution in [0.1, 0.15) is 22.7 Å². The Morgan fingerprint density at radius 1 is 0.941 bits per heavy atom. The molecule has 0 aliphatic carbocycles. The monoisotopic (exact) mass is 475 g/mol. The molecule has 0 aromatic heterocycles. The molecule has 1 saturated heterocycles. The SMILES string of the molecule is O=C1C(=O)N(CCc2ccccc2)[C@H](c2ccc(Cl)cc2)/C1=C(\O)c1ccc2c(c1)OCCO2. The summed E-state index contributed by atoms with van der Waals surface area (Å²) in [5, 5.41) is 11.8. The number of likely N-dealkylation sites (tertiary alicyclic amines) is 1. The highest BCUT2D eigenvalue weighted by Gasteiger charge is 2.45. The minimum atomic E-state index is -0.742. The van der Waals surface area contributed by atoms with Crippen LogP contribution in [0.4, 0.5) is 0 Å². The Kier molecular flexibility index (Phi) is 5.99. The van der Waals surface area contributed by atoms with Crippen LogP contribution < -0.4 is 9.47 Å². The van der Waals surface area contributed by atoms with Gasteiger partial charge < -0.3 is 19.5 Å². The topological polar surface area (TPSA) is 76.1 Å². The third kappa shape index (κ3) is 4.13. The molecule has 1 amide bonds. The van der Waals surface area contributed by atoms with Gasteiger partial charge in [0, 0.05) is 17.1 Å². The smallest absolute Gasteiger partial charge is 0.295 e. The number of carbonyl (C=O) groups excluding carboxylic acids is 2. The summed E-state index contributed by atoms with van der Waals surface area (Å²) in [4.78, 5) is 27.8. The molecule has 0 radical (unpaired) electrons. The Labute approximate surface area is 202 Å². The summed E-state index contributed by atoms with van der Waals surface area (Å²) in [6, 6.07) is 20.9. The summed E-state index contributed by atoms with van der Waals surface area (Å²) in [6.07, 6.45) is 0.571. The van der Waals surface area contributed by atoms with Crippen molar-refractivity contribution >= 4 is 29.1 Å². The average molecular weight is 476 g/mol. The zero-order chi connectivity index (χ0) is 23.7. The van der Waals surface area contributed by atoms with Gasteiger partial charge in [0.1, 0.15) is 19.0 Å². The Balaban J connectivity index is 1.57. The van der Waals surface area contributed by atoms with Crippen LogP contribution in [-0.2, 0) is 16.0 Å². The molecule has 1 atom stereocenters. The molecule has 2 aliphatic heterocycles. The van der Waals surface area contributed by atoms with Gasteiger partial charge in [-0.1, -0.05) is 54.1 Å². The lowest BCUT2D eigenvalue weighted by Crippen LogP contribution is -2.31. The summed E-state index contributed by atoms with van der Waals surface area (Å²) in [5.41, 5.74) is 2.16. The van der Waals surface area contributed by atoms with Crippen LogP contribution in [0.3, 0.4) is 0 Å². The van der Waals surface area contributed by atoms with Crippen LogP contribution >= 0.6 is 11.6 Å². The fourth-order valence-corrected chi connectivity index (χ4v) is 4.47. The minimum absolute atomic E-state index is 0.0389. The number of aliphatic hydroxyl groups excluding tert-OH is 1. The number of aliphatic hydroxyl groups is 1. The van der Waals surface area contributed by atoms with Gasteiger partial charge in [0.15, 0.2) is 11.5 Å². The first-order valence-electron chi connectivity index (χ1n) is 11.0. The molecule has 0 bridgehead atoms. The maximum Gasteiger partial charge on any atom is 0.295 e. The van der Waals surface area contributed by atoms with Crippen molar-refractivity contribution in [2.24, 2.45) is 0 Å². The van der Waals surface area contributed by atoms with Gasteiger partial charge in [0.2, 0.25) is 0 Å². The van der Waals surface area contributed by atoms with E-state index in [0.29, 0.717) is 53.8 Å². The van der Waals surface area contributed by atoms with Gasteiger partial charge in [-0.2, -0.15) is 0 Å². The lowest BCUT2D eigenvalue weighted by Gasteiger charge is -2.25. The number of ether oxygens (including phenoxy) is 2. The number of fused-ring (bicyclic) bond motifs is 1. The van der Waals surface area contributed by atoms with E-state index in [1.54, 1.807) is 42.5 Å². The van der Waals surface area contributed by atoms with Crippen LogP contribution in [-0.4, -0.2) is 41.5 Å². The number of hydrogen-bond acceptors (Lipinski definition) is 5. The maximum atomic E-state index is 13.2. The number of carbonyl (C=O) groups is 2. The van der Waals surface area contributed by atoms with Gasteiger partial charge >= 0.3 is 0 Å². The van der Waals surface area contributed by atoms with Crippen molar-refractivity contribution in [2.45, 2.75) is 12.5 Å². The van der Waals surface area contributed by atoms with E-state index in [9.17, 15) is 14.7 Å². The van der Waals surface area contributed by atoms with Crippen molar-refractivity contribution in [1.29, 1.82) is 0 Å². The molecular formula is C27H22ClNO5. The van der Waals surface area contributed by atoms with E-state index in [4.69, 9.17) is 21.1 Å². The average Bonchev–Trinajstić information content (AvgIpc) is 3.12. The van der Waals surface area contributed by atoms with E-state index in [0.717, 1.165) is 5.56 Å². The van der Waals surface area contributed by atoms with Gasteiger partial charge in [0.05, 0.1) is 11.6 Å². The Morgan fingerprint density at radius 2 is 1.65 bits per heavy atom. The summed E-state index contributed by atoms with van der Waals surface area (Å²) in [7, 11) is 0. The number of hydrogen-bond donors (Lipinski definition) is 1. The molecule has 0 saturated carbocycles. The largest absolute Gasteiger partial charge is 0.507 e. The number of halogens is 1. The van der Waals surface area contributed by atoms with Crippen molar-refractivity contribution in [3.05, 3.63) is 100 Å². The molecule has 5 rings (SSSR count). The lowest BCUT2D eigenvalue weighted by molar-refractivity contribution is -0.139. The number of benzene rings is 3. The summed E-state index contributed by atoms with van der Waals surface area (Å²) < 4.78 is 11.2. The molecular weight excluding hydrogens is 454 g/mol. The number of nitrogens with zero attached hydrogens (tertiary/aromatic N) is 1. The van der Waals surface area contributed by atoms with E-state index in [1.807, 2.05) is 30.3 Å². The molecule has 6 nitrogen and oxygen atoms in total. The van der Waals surface area contributed by atoms with Crippen molar-refractivity contribution in [2.75, 3.05) is 19.8 Å². The second-order valence-corrected chi connectivity index (χ2v) is 8.57. The van der Waals surface area contributed by atoms with E-state index >= 15 is 0 Å². The molecule has 1 fully saturated rings. The van der Waals surface area contributed by atoms with Gasteiger partial charge in [-0.3, -0.25) is 9.59 Å². The molecule has 1 N–H and O–H groups in total. The van der Waals surface area contributed by atoms with Gasteiger partial charge in [-0.25, -0.2) is 0 Å². The standard InChI is InChI=1S/C27H22ClNO5/c28-20-9-6-18(7-10-20)24-23(25(30)19-8-11-21-22(16-19)34-15-14-33-21)26(31)27(32)29(24)13-12-17-4-2-1-3-5-17/h1-11,16,24,30H,12-15H2/b25-23+/t24-/m1/s1. The molecule has 3 aromatic rings. The summed E-state index contributed by atoms with van der Waals surface area (Å²) in [6.45, 7) is 1.16.